The van der Waals surface area contributed by atoms with Gasteiger partial charge in [0, 0.05) is 11.1 Å². The Kier molecular flexibility index (Phi) is 7.06. The number of aromatic carboxylic acids is 2. The van der Waals surface area contributed by atoms with E-state index in [0.717, 1.165) is 0 Å². The molecule has 6 N–H and O–H groups in total. The predicted octanol–water partition coefficient (Wildman–Crippen LogP) is 4.67. The Labute approximate surface area is 215 Å². The maximum atomic E-state index is 12.5. The number of anilines is 2. The van der Waals surface area contributed by atoms with E-state index in [0.29, 0.717) is 11.1 Å². The third kappa shape index (κ3) is 5.60. The molecule has 0 saturated carbocycles. The number of carbonyl (C=O) groups excluding carboxylic acids is 2. The number of carboxylic acids is 2. The molecule has 0 saturated heterocycles. The summed E-state index contributed by atoms with van der Waals surface area (Å²) in [5, 5.41) is 44.1. The fourth-order valence-electron chi connectivity index (χ4n) is 3.61. The lowest BCUT2D eigenvalue weighted by Gasteiger charge is -2.12. The molecule has 0 aromatic heterocycles. The number of carbonyl (C=O) groups is 4. The Balaban J connectivity index is 1.49. The van der Waals surface area contributed by atoms with Crippen molar-refractivity contribution in [3.63, 3.8) is 0 Å². The van der Waals surface area contributed by atoms with Gasteiger partial charge in [0.05, 0.1) is 22.5 Å². The van der Waals surface area contributed by atoms with Crippen molar-refractivity contribution in [3.8, 4) is 22.6 Å². The molecule has 4 aromatic carbocycles. The van der Waals surface area contributed by atoms with Crippen LogP contribution in [-0.2, 0) is 0 Å². The Morgan fingerprint density at radius 2 is 0.868 bits per heavy atom. The first kappa shape index (κ1) is 25.5. The zero-order valence-corrected chi connectivity index (χ0v) is 19.5. The summed E-state index contributed by atoms with van der Waals surface area (Å²) in [6, 6.07) is 19.7. The van der Waals surface area contributed by atoms with Crippen LogP contribution in [0, 0.1) is 0 Å². The fourth-order valence-corrected chi connectivity index (χ4v) is 3.61. The van der Waals surface area contributed by atoms with E-state index in [-0.39, 0.29) is 45.1 Å². The van der Waals surface area contributed by atoms with Crippen LogP contribution in [0.25, 0.3) is 11.1 Å². The van der Waals surface area contributed by atoms with Crippen LogP contribution in [0.5, 0.6) is 11.5 Å². The Morgan fingerprint density at radius 3 is 1.21 bits per heavy atom. The summed E-state index contributed by atoms with van der Waals surface area (Å²) in [6.07, 6.45) is 0. The van der Waals surface area contributed by atoms with Crippen LogP contribution in [0.1, 0.15) is 41.4 Å². The van der Waals surface area contributed by atoms with Gasteiger partial charge in [-0.3, -0.25) is 9.59 Å². The number of phenols is 2. The van der Waals surface area contributed by atoms with Gasteiger partial charge in [0.1, 0.15) is 11.5 Å². The minimum Gasteiger partial charge on any atom is -0.506 e. The van der Waals surface area contributed by atoms with Gasteiger partial charge in [0.15, 0.2) is 0 Å². The highest BCUT2D eigenvalue weighted by Gasteiger charge is 2.15. The van der Waals surface area contributed by atoms with Gasteiger partial charge in [-0.15, -0.1) is 0 Å². The molecule has 190 valence electrons. The van der Waals surface area contributed by atoms with Crippen LogP contribution in [-0.4, -0.2) is 44.2 Å². The summed E-state index contributed by atoms with van der Waals surface area (Å²) in [5.74, 6) is -4.09. The first-order valence-corrected chi connectivity index (χ1v) is 11.1. The standard InChI is InChI=1S/C28H20N2O8/c31-23-13-15(7-9-21(23)29-25(33)17-3-1-5-19(11-17)27(35)36)16-8-10-22(24(32)14-16)30-26(34)18-4-2-6-20(12-18)28(37)38/h1-14,31-32H,(H,29,33)(H,30,34)(H,35,36)(H,37,38). The van der Waals surface area contributed by atoms with E-state index in [9.17, 15) is 29.4 Å². The third-order valence-corrected chi connectivity index (χ3v) is 5.57. The Hall–Kier alpha value is -5.64. The molecule has 10 heteroatoms. The van der Waals surface area contributed by atoms with Crippen LogP contribution in [0.3, 0.4) is 0 Å². The van der Waals surface area contributed by atoms with Crippen LogP contribution < -0.4 is 10.6 Å². The molecule has 4 rings (SSSR count). The van der Waals surface area contributed by atoms with Crippen molar-refractivity contribution in [2.75, 3.05) is 10.6 Å². The van der Waals surface area contributed by atoms with Crippen LogP contribution >= 0.6 is 0 Å². The molecule has 0 spiro atoms. The lowest BCUT2D eigenvalue weighted by atomic mass is 10.0. The van der Waals surface area contributed by atoms with E-state index in [1.807, 2.05) is 0 Å². The third-order valence-electron chi connectivity index (χ3n) is 5.57. The molecule has 4 aromatic rings. The summed E-state index contributed by atoms with van der Waals surface area (Å²) in [7, 11) is 0. The topological polar surface area (TPSA) is 173 Å². The largest absolute Gasteiger partial charge is 0.506 e. The SMILES string of the molecule is O=C(O)c1cccc(C(=O)Nc2ccc(-c3ccc(NC(=O)c4cccc(C(=O)O)c4)c(O)c3)cc2O)c1. The van der Waals surface area contributed by atoms with E-state index in [2.05, 4.69) is 10.6 Å². The molecule has 38 heavy (non-hydrogen) atoms. The predicted molar refractivity (Wildman–Crippen MR) is 138 cm³/mol. The molecule has 0 aliphatic carbocycles. The van der Waals surface area contributed by atoms with E-state index < -0.39 is 23.8 Å². The summed E-state index contributed by atoms with van der Waals surface area (Å²) in [4.78, 5) is 47.3. The van der Waals surface area contributed by atoms with Gasteiger partial charge in [0.25, 0.3) is 11.8 Å². The quantitative estimate of drug-likeness (QED) is 0.194. The number of carboxylic acid groups (broad SMARTS) is 2. The Bertz CT molecular complexity index is 1480. The second-order valence-corrected chi connectivity index (χ2v) is 8.14. The van der Waals surface area contributed by atoms with Gasteiger partial charge < -0.3 is 31.1 Å². The average molecular weight is 512 g/mol. The number of benzene rings is 4. The normalized spacial score (nSPS) is 10.4. The Morgan fingerprint density at radius 1 is 0.500 bits per heavy atom. The maximum absolute atomic E-state index is 12.5. The van der Waals surface area contributed by atoms with Crippen LogP contribution in [0.15, 0.2) is 84.9 Å². The molecular formula is C28H20N2O8. The minimum atomic E-state index is -1.17. The molecule has 10 nitrogen and oxygen atoms in total. The molecule has 0 aliphatic heterocycles. The van der Waals surface area contributed by atoms with E-state index in [4.69, 9.17) is 10.2 Å². The monoisotopic (exact) mass is 512 g/mol. The van der Waals surface area contributed by atoms with Gasteiger partial charge in [-0.1, -0.05) is 24.3 Å². The summed E-state index contributed by atoms with van der Waals surface area (Å²) < 4.78 is 0. The lowest BCUT2D eigenvalue weighted by molar-refractivity contribution is 0.0686. The molecule has 0 atom stereocenters. The molecule has 0 unspecified atom stereocenters. The average Bonchev–Trinajstić information content (AvgIpc) is 2.91. The van der Waals surface area contributed by atoms with E-state index in [1.165, 1.54) is 72.8 Å². The number of hydrogen-bond acceptors (Lipinski definition) is 6. The van der Waals surface area contributed by atoms with Crippen molar-refractivity contribution in [1.29, 1.82) is 0 Å². The van der Waals surface area contributed by atoms with Gasteiger partial charge in [-0.2, -0.15) is 0 Å². The molecule has 0 fully saturated rings. The van der Waals surface area contributed by atoms with Crippen molar-refractivity contribution in [2.45, 2.75) is 0 Å². The molecule has 0 heterocycles. The second-order valence-electron chi connectivity index (χ2n) is 8.14. The number of nitrogens with one attached hydrogen (secondary N) is 2. The van der Waals surface area contributed by atoms with Crippen LogP contribution in [0.4, 0.5) is 11.4 Å². The molecule has 0 bridgehead atoms. The number of phenolic OH excluding ortho intramolecular Hbond substituents is 2. The van der Waals surface area contributed by atoms with Crippen molar-refractivity contribution in [1.82, 2.24) is 0 Å². The van der Waals surface area contributed by atoms with Gasteiger partial charge in [-0.25, -0.2) is 9.59 Å². The number of amides is 2. The summed E-state index contributed by atoms with van der Waals surface area (Å²) >= 11 is 0. The zero-order valence-electron chi connectivity index (χ0n) is 19.5. The minimum absolute atomic E-state index is 0.0505. The van der Waals surface area contributed by atoms with Crippen molar-refractivity contribution in [3.05, 3.63) is 107 Å². The van der Waals surface area contributed by atoms with Gasteiger partial charge in [-0.05, 0) is 71.8 Å². The lowest BCUT2D eigenvalue weighted by Crippen LogP contribution is -2.13. The molecule has 2 amide bonds. The maximum Gasteiger partial charge on any atom is 0.335 e. The van der Waals surface area contributed by atoms with Gasteiger partial charge >= 0.3 is 11.9 Å². The first-order chi connectivity index (χ1) is 18.1. The molecule has 0 radical (unpaired) electrons. The summed E-state index contributed by atoms with van der Waals surface area (Å²) in [5.41, 5.74) is 1.28. The second kappa shape index (κ2) is 10.5. The number of hydrogen-bond donors (Lipinski definition) is 6. The highest BCUT2D eigenvalue weighted by Crippen LogP contribution is 2.34. The highest BCUT2D eigenvalue weighted by atomic mass is 16.4. The van der Waals surface area contributed by atoms with Crippen molar-refractivity contribution >= 4 is 35.1 Å². The van der Waals surface area contributed by atoms with E-state index in [1.54, 1.807) is 12.1 Å². The molecular weight excluding hydrogens is 492 g/mol. The number of rotatable bonds is 7. The molecule has 0 aliphatic rings. The van der Waals surface area contributed by atoms with Crippen LogP contribution in [0.2, 0.25) is 0 Å². The van der Waals surface area contributed by atoms with Crippen molar-refractivity contribution < 1.29 is 39.6 Å². The van der Waals surface area contributed by atoms with Gasteiger partial charge in [0.2, 0.25) is 0 Å². The first-order valence-electron chi connectivity index (χ1n) is 11.1. The van der Waals surface area contributed by atoms with E-state index >= 15 is 0 Å². The smallest absolute Gasteiger partial charge is 0.335 e. The zero-order chi connectivity index (χ0) is 27.4. The summed E-state index contributed by atoms with van der Waals surface area (Å²) in [6.45, 7) is 0. The van der Waals surface area contributed by atoms with Crippen molar-refractivity contribution in [2.24, 2.45) is 0 Å². The number of aromatic hydroxyl groups is 2. The fraction of sp³-hybridized carbons (Fsp3) is 0. The highest BCUT2D eigenvalue weighted by molar-refractivity contribution is 6.07.